The predicted octanol–water partition coefficient (Wildman–Crippen LogP) is 2.00. The Balaban J connectivity index is 1.75. The van der Waals surface area contributed by atoms with Gasteiger partial charge in [-0.25, -0.2) is 0 Å². The molecule has 3 N–H and O–H groups in total. The number of anilines is 2. The van der Waals surface area contributed by atoms with Crippen LogP contribution in [0.5, 0.6) is 5.75 Å². The molecule has 2 unspecified atom stereocenters. The molecule has 6 nitrogen and oxygen atoms in total. The van der Waals surface area contributed by atoms with E-state index >= 15 is 0 Å². The minimum absolute atomic E-state index is 0.0380. The highest BCUT2D eigenvalue weighted by Crippen LogP contribution is 2.36. The molecule has 1 fully saturated rings. The second kappa shape index (κ2) is 6.14. The van der Waals surface area contributed by atoms with Crippen LogP contribution in [0.3, 0.4) is 0 Å². The lowest BCUT2D eigenvalue weighted by Crippen LogP contribution is -2.45. The van der Waals surface area contributed by atoms with Crippen molar-refractivity contribution in [3.63, 3.8) is 0 Å². The third-order valence-corrected chi connectivity index (χ3v) is 4.26. The zero-order valence-corrected chi connectivity index (χ0v) is 13.0. The SMILES string of the molecule is CC1CCNC(C(=O)Nc2cc3c(cc2Cl)NC(=O)CO3)C1. The summed E-state index contributed by atoms with van der Waals surface area (Å²) in [5.74, 6) is 0.702. The summed E-state index contributed by atoms with van der Waals surface area (Å²) in [5, 5.41) is 9.09. The van der Waals surface area contributed by atoms with Gasteiger partial charge < -0.3 is 20.7 Å². The molecular formula is C15H18ClN3O3. The number of amides is 2. The van der Waals surface area contributed by atoms with E-state index < -0.39 is 0 Å². The van der Waals surface area contributed by atoms with E-state index in [-0.39, 0.29) is 24.5 Å². The Morgan fingerprint density at radius 2 is 2.27 bits per heavy atom. The number of fused-ring (bicyclic) bond motifs is 1. The molecule has 2 heterocycles. The Labute approximate surface area is 133 Å². The largest absolute Gasteiger partial charge is 0.482 e. The zero-order valence-electron chi connectivity index (χ0n) is 12.2. The van der Waals surface area contributed by atoms with E-state index in [0.717, 1.165) is 19.4 Å². The second-order valence-corrected chi connectivity index (χ2v) is 6.20. The molecule has 1 aromatic rings. The van der Waals surface area contributed by atoms with E-state index in [0.29, 0.717) is 28.1 Å². The Morgan fingerprint density at radius 3 is 3.05 bits per heavy atom. The molecule has 3 rings (SSSR count). The van der Waals surface area contributed by atoms with Crippen LogP contribution >= 0.6 is 11.6 Å². The van der Waals surface area contributed by atoms with E-state index in [2.05, 4.69) is 22.9 Å². The first-order valence-corrected chi connectivity index (χ1v) is 7.71. The molecule has 1 saturated heterocycles. The van der Waals surface area contributed by atoms with Crippen LogP contribution in [0.4, 0.5) is 11.4 Å². The van der Waals surface area contributed by atoms with E-state index in [1.807, 2.05) is 0 Å². The Kier molecular flexibility index (Phi) is 4.22. The summed E-state index contributed by atoms with van der Waals surface area (Å²) in [7, 11) is 0. The fraction of sp³-hybridized carbons (Fsp3) is 0.467. The molecule has 0 aromatic heterocycles. The minimum atomic E-state index is -0.222. The van der Waals surface area contributed by atoms with Gasteiger partial charge in [0.05, 0.1) is 22.4 Å². The van der Waals surface area contributed by atoms with Crippen LogP contribution in [0, 0.1) is 5.92 Å². The summed E-state index contributed by atoms with van der Waals surface area (Å²) >= 11 is 6.18. The molecule has 0 radical (unpaired) electrons. The number of piperidine rings is 1. The monoisotopic (exact) mass is 323 g/mol. The van der Waals surface area contributed by atoms with Gasteiger partial charge in [-0.15, -0.1) is 0 Å². The summed E-state index contributed by atoms with van der Waals surface area (Å²) in [6.07, 6.45) is 1.89. The molecule has 1 aromatic carbocycles. The smallest absolute Gasteiger partial charge is 0.262 e. The summed E-state index contributed by atoms with van der Waals surface area (Å²) in [4.78, 5) is 23.6. The minimum Gasteiger partial charge on any atom is -0.482 e. The number of nitrogens with one attached hydrogen (secondary N) is 3. The number of carbonyl (C=O) groups is 2. The average molecular weight is 324 g/mol. The van der Waals surface area contributed by atoms with Crippen molar-refractivity contribution in [2.75, 3.05) is 23.8 Å². The lowest BCUT2D eigenvalue weighted by atomic mass is 9.94. The standard InChI is InChI=1S/C15H18ClN3O3/c1-8-2-3-17-12(4-8)15(21)19-10-6-13-11(5-9(10)16)18-14(20)7-22-13/h5-6,8,12,17H,2-4,7H2,1H3,(H,18,20)(H,19,21). The molecule has 0 saturated carbocycles. The average Bonchev–Trinajstić information content (AvgIpc) is 2.48. The highest BCUT2D eigenvalue weighted by molar-refractivity contribution is 6.34. The van der Waals surface area contributed by atoms with Gasteiger partial charge in [0.25, 0.3) is 5.91 Å². The van der Waals surface area contributed by atoms with Crippen LogP contribution < -0.4 is 20.7 Å². The first kappa shape index (κ1) is 15.1. The third kappa shape index (κ3) is 3.18. The van der Waals surface area contributed by atoms with Crippen LogP contribution in [0.25, 0.3) is 0 Å². The van der Waals surface area contributed by atoms with Gasteiger partial charge in [0, 0.05) is 6.07 Å². The zero-order chi connectivity index (χ0) is 15.7. The molecular weight excluding hydrogens is 306 g/mol. The van der Waals surface area contributed by atoms with Crippen LogP contribution in [-0.4, -0.2) is 31.0 Å². The molecule has 2 aliphatic heterocycles. The summed E-state index contributed by atoms with van der Waals surface area (Å²) in [6, 6.07) is 3.01. The predicted molar refractivity (Wildman–Crippen MR) is 84.4 cm³/mol. The van der Waals surface area contributed by atoms with Crippen LogP contribution in [-0.2, 0) is 9.59 Å². The first-order chi connectivity index (χ1) is 10.5. The van der Waals surface area contributed by atoms with Gasteiger partial charge in [-0.05, 0) is 31.4 Å². The number of hydrogen-bond donors (Lipinski definition) is 3. The van der Waals surface area contributed by atoms with Crippen molar-refractivity contribution in [3.8, 4) is 5.75 Å². The topological polar surface area (TPSA) is 79.5 Å². The second-order valence-electron chi connectivity index (χ2n) is 5.79. The fourth-order valence-corrected chi connectivity index (χ4v) is 2.93. The Bertz CT molecular complexity index is 620. The molecule has 0 bridgehead atoms. The van der Waals surface area contributed by atoms with Crippen molar-refractivity contribution < 1.29 is 14.3 Å². The Hall–Kier alpha value is -1.79. The maximum Gasteiger partial charge on any atom is 0.262 e. The van der Waals surface area contributed by atoms with Gasteiger partial charge in [-0.2, -0.15) is 0 Å². The van der Waals surface area contributed by atoms with Crippen molar-refractivity contribution in [3.05, 3.63) is 17.2 Å². The molecule has 118 valence electrons. The summed E-state index contributed by atoms with van der Waals surface area (Å²) in [6.45, 7) is 2.94. The molecule has 22 heavy (non-hydrogen) atoms. The number of rotatable bonds is 2. The van der Waals surface area contributed by atoms with Crippen molar-refractivity contribution in [2.24, 2.45) is 5.92 Å². The van der Waals surface area contributed by atoms with Gasteiger partial charge in [0.15, 0.2) is 6.61 Å². The van der Waals surface area contributed by atoms with Crippen LogP contribution in [0.2, 0.25) is 5.02 Å². The van der Waals surface area contributed by atoms with Crippen molar-refractivity contribution in [1.29, 1.82) is 0 Å². The van der Waals surface area contributed by atoms with Crippen LogP contribution in [0.15, 0.2) is 12.1 Å². The lowest BCUT2D eigenvalue weighted by molar-refractivity contribution is -0.119. The first-order valence-electron chi connectivity index (χ1n) is 7.33. The molecule has 2 amide bonds. The van der Waals surface area contributed by atoms with E-state index in [1.165, 1.54) is 0 Å². The van der Waals surface area contributed by atoms with Crippen molar-refractivity contribution in [1.82, 2.24) is 5.32 Å². The maximum atomic E-state index is 12.3. The molecule has 2 atom stereocenters. The van der Waals surface area contributed by atoms with E-state index in [4.69, 9.17) is 16.3 Å². The molecule has 2 aliphatic rings. The quantitative estimate of drug-likeness (QED) is 0.777. The van der Waals surface area contributed by atoms with Crippen LogP contribution in [0.1, 0.15) is 19.8 Å². The number of halogens is 1. The highest BCUT2D eigenvalue weighted by atomic mass is 35.5. The lowest BCUT2D eigenvalue weighted by Gasteiger charge is -2.27. The van der Waals surface area contributed by atoms with E-state index in [1.54, 1.807) is 12.1 Å². The van der Waals surface area contributed by atoms with Gasteiger partial charge >= 0.3 is 0 Å². The number of benzene rings is 1. The number of ether oxygens (including phenoxy) is 1. The van der Waals surface area contributed by atoms with Gasteiger partial charge in [-0.3, -0.25) is 9.59 Å². The summed E-state index contributed by atoms with van der Waals surface area (Å²) < 4.78 is 5.34. The number of hydrogen-bond acceptors (Lipinski definition) is 4. The molecule has 0 aliphatic carbocycles. The highest BCUT2D eigenvalue weighted by Gasteiger charge is 2.26. The number of carbonyl (C=O) groups excluding carboxylic acids is 2. The fourth-order valence-electron chi connectivity index (χ4n) is 2.72. The Morgan fingerprint density at radius 1 is 1.45 bits per heavy atom. The van der Waals surface area contributed by atoms with E-state index in [9.17, 15) is 9.59 Å². The van der Waals surface area contributed by atoms with Gasteiger partial charge in [-0.1, -0.05) is 18.5 Å². The van der Waals surface area contributed by atoms with Gasteiger partial charge in [0.1, 0.15) is 5.75 Å². The molecule has 7 heteroatoms. The van der Waals surface area contributed by atoms with Crippen molar-refractivity contribution in [2.45, 2.75) is 25.8 Å². The maximum absolute atomic E-state index is 12.3. The van der Waals surface area contributed by atoms with Crippen molar-refractivity contribution >= 4 is 34.8 Å². The molecule has 0 spiro atoms. The summed E-state index contributed by atoms with van der Waals surface area (Å²) in [5.41, 5.74) is 1.00. The van der Waals surface area contributed by atoms with Gasteiger partial charge in [0.2, 0.25) is 5.91 Å². The third-order valence-electron chi connectivity index (χ3n) is 3.94. The normalized spacial score (nSPS) is 24.0.